The van der Waals surface area contributed by atoms with Crippen molar-refractivity contribution in [1.82, 2.24) is 4.57 Å². The Morgan fingerprint density at radius 3 is 2.92 bits per heavy atom. The van der Waals surface area contributed by atoms with E-state index in [1.165, 1.54) is 11.5 Å². The van der Waals surface area contributed by atoms with Gasteiger partial charge in [0, 0.05) is 19.2 Å². The largest absolute Gasteiger partial charge is 0.314 e. The summed E-state index contributed by atoms with van der Waals surface area (Å²) in [6.45, 7) is 1.97. The summed E-state index contributed by atoms with van der Waals surface area (Å²) in [6, 6.07) is 3.46. The van der Waals surface area contributed by atoms with E-state index in [0.717, 1.165) is 0 Å². The maximum Gasteiger partial charge on any atom is 0.264 e. The summed E-state index contributed by atoms with van der Waals surface area (Å²) in [5, 5.41) is 0. The third-order valence-electron chi connectivity index (χ3n) is 1.68. The van der Waals surface area contributed by atoms with Gasteiger partial charge in [0.15, 0.2) is 0 Å². The number of ketones is 1. The summed E-state index contributed by atoms with van der Waals surface area (Å²) >= 11 is 3.13. The molecule has 0 N–H and O–H groups in total. The van der Waals surface area contributed by atoms with Gasteiger partial charge in [-0.2, -0.15) is 0 Å². The van der Waals surface area contributed by atoms with Gasteiger partial charge in [-0.3, -0.25) is 9.59 Å². The first-order chi connectivity index (χ1) is 6.11. The highest BCUT2D eigenvalue weighted by atomic mass is 79.9. The summed E-state index contributed by atoms with van der Waals surface area (Å²) in [7, 11) is 0. The van der Waals surface area contributed by atoms with Gasteiger partial charge < -0.3 is 4.57 Å². The van der Waals surface area contributed by atoms with E-state index in [1.807, 2.05) is 0 Å². The van der Waals surface area contributed by atoms with Crippen LogP contribution in [0.2, 0.25) is 0 Å². The fourth-order valence-electron chi connectivity index (χ4n) is 0.962. The predicted octanol–water partition coefficient (Wildman–Crippen LogP) is 1.59. The van der Waals surface area contributed by atoms with E-state index in [1.54, 1.807) is 18.3 Å². The number of aryl methyl sites for hydroxylation is 1. The summed E-state index contributed by atoms with van der Waals surface area (Å²) in [6.07, 6.45) is 2.08. The van der Waals surface area contributed by atoms with E-state index in [9.17, 15) is 9.59 Å². The van der Waals surface area contributed by atoms with E-state index in [-0.39, 0.29) is 11.3 Å². The van der Waals surface area contributed by atoms with E-state index < -0.39 is 0 Å². The zero-order valence-electron chi connectivity index (χ0n) is 7.29. The van der Waals surface area contributed by atoms with Crippen LogP contribution in [0.25, 0.3) is 0 Å². The Bertz CT molecular complexity index is 370. The lowest BCUT2D eigenvalue weighted by molar-refractivity contribution is -0.117. The lowest BCUT2D eigenvalue weighted by Crippen LogP contribution is -2.20. The summed E-state index contributed by atoms with van der Waals surface area (Å²) < 4.78 is 2.05. The second-order valence-electron chi connectivity index (χ2n) is 2.81. The van der Waals surface area contributed by atoms with Gasteiger partial charge in [-0.05, 0) is 35.0 Å². The molecule has 1 aromatic rings. The molecule has 0 aliphatic heterocycles. The standard InChI is InChI=1S/C9H10BrNO2/c1-7(12)4-6-11-5-2-3-8(10)9(11)13/h2-3,5H,4,6H2,1H3. The third kappa shape index (κ3) is 2.81. The van der Waals surface area contributed by atoms with E-state index in [4.69, 9.17) is 0 Å². The van der Waals surface area contributed by atoms with Crippen LogP contribution in [-0.2, 0) is 11.3 Å². The van der Waals surface area contributed by atoms with Gasteiger partial charge in [0.2, 0.25) is 0 Å². The molecule has 13 heavy (non-hydrogen) atoms. The highest BCUT2D eigenvalue weighted by molar-refractivity contribution is 9.10. The van der Waals surface area contributed by atoms with Crippen molar-refractivity contribution in [3.63, 3.8) is 0 Å². The molecule has 0 amide bonds. The van der Waals surface area contributed by atoms with Crippen LogP contribution in [0.1, 0.15) is 13.3 Å². The molecule has 1 rings (SSSR count). The SMILES string of the molecule is CC(=O)CCn1cccc(Br)c1=O. The number of rotatable bonds is 3. The molecule has 4 heteroatoms. The summed E-state index contributed by atoms with van der Waals surface area (Å²) in [5.41, 5.74) is -0.0937. The first-order valence-corrected chi connectivity index (χ1v) is 4.75. The topological polar surface area (TPSA) is 39.1 Å². The molecule has 0 atom stereocenters. The minimum absolute atomic E-state index is 0.0897. The fourth-order valence-corrected chi connectivity index (χ4v) is 1.34. The van der Waals surface area contributed by atoms with E-state index in [2.05, 4.69) is 15.9 Å². The lowest BCUT2D eigenvalue weighted by Gasteiger charge is -2.03. The minimum atomic E-state index is -0.0937. The van der Waals surface area contributed by atoms with Crippen LogP contribution in [0.4, 0.5) is 0 Å². The number of Topliss-reactive ketones (excluding diaryl/α,β-unsaturated/α-hetero) is 1. The molecule has 0 saturated carbocycles. The van der Waals surface area contributed by atoms with Crippen molar-refractivity contribution in [3.05, 3.63) is 33.2 Å². The first-order valence-electron chi connectivity index (χ1n) is 3.95. The Morgan fingerprint density at radius 2 is 2.31 bits per heavy atom. The molecule has 70 valence electrons. The van der Waals surface area contributed by atoms with Crippen LogP contribution in [0.3, 0.4) is 0 Å². The van der Waals surface area contributed by atoms with Crippen LogP contribution >= 0.6 is 15.9 Å². The molecule has 0 unspecified atom stereocenters. The molecule has 3 nitrogen and oxygen atoms in total. The van der Waals surface area contributed by atoms with Gasteiger partial charge in [-0.1, -0.05) is 0 Å². The molecule has 0 spiro atoms. The number of nitrogens with zero attached hydrogens (tertiary/aromatic N) is 1. The molecule has 0 fully saturated rings. The molecule has 0 radical (unpaired) electrons. The van der Waals surface area contributed by atoms with Crippen LogP contribution < -0.4 is 5.56 Å². The van der Waals surface area contributed by atoms with Crippen LogP contribution in [0.5, 0.6) is 0 Å². The first kappa shape index (κ1) is 10.2. The molecule has 0 aliphatic rings. The van der Waals surface area contributed by atoms with Crippen molar-refractivity contribution in [3.8, 4) is 0 Å². The van der Waals surface area contributed by atoms with Crippen LogP contribution in [0, 0.1) is 0 Å². The van der Waals surface area contributed by atoms with Crippen molar-refractivity contribution in [2.45, 2.75) is 19.9 Å². The quantitative estimate of drug-likeness (QED) is 0.809. The molecule has 0 aromatic carbocycles. The number of hydrogen-bond acceptors (Lipinski definition) is 2. The smallest absolute Gasteiger partial charge is 0.264 e. The normalized spacial score (nSPS) is 10.0. The van der Waals surface area contributed by atoms with Crippen molar-refractivity contribution in [2.24, 2.45) is 0 Å². The average molecular weight is 244 g/mol. The highest BCUT2D eigenvalue weighted by Gasteiger charge is 2.00. The van der Waals surface area contributed by atoms with Crippen molar-refractivity contribution >= 4 is 21.7 Å². The second kappa shape index (κ2) is 4.37. The summed E-state index contributed by atoms with van der Waals surface area (Å²) in [4.78, 5) is 22.1. The lowest BCUT2D eigenvalue weighted by atomic mass is 10.3. The Kier molecular flexibility index (Phi) is 3.42. The zero-order chi connectivity index (χ0) is 9.84. The molecule has 1 heterocycles. The average Bonchev–Trinajstić information content (AvgIpc) is 2.07. The number of carbonyl (C=O) groups is 1. The fraction of sp³-hybridized carbons (Fsp3) is 0.333. The molecule has 1 aromatic heterocycles. The molecule has 0 bridgehead atoms. The van der Waals surface area contributed by atoms with Crippen LogP contribution in [0.15, 0.2) is 27.6 Å². The Labute approximate surface area is 84.5 Å². The maximum absolute atomic E-state index is 11.4. The monoisotopic (exact) mass is 243 g/mol. The molecule has 0 aliphatic carbocycles. The van der Waals surface area contributed by atoms with Crippen molar-refractivity contribution < 1.29 is 4.79 Å². The Morgan fingerprint density at radius 1 is 1.62 bits per heavy atom. The zero-order valence-corrected chi connectivity index (χ0v) is 8.87. The van der Waals surface area contributed by atoms with Gasteiger partial charge >= 0.3 is 0 Å². The maximum atomic E-state index is 11.4. The van der Waals surface area contributed by atoms with E-state index >= 15 is 0 Å². The van der Waals surface area contributed by atoms with Gasteiger partial charge in [-0.25, -0.2) is 0 Å². The second-order valence-corrected chi connectivity index (χ2v) is 3.66. The predicted molar refractivity (Wildman–Crippen MR) is 53.7 cm³/mol. The van der Waals surface area contributed by atoms with E-state index in [0.29, 0.717) is 17.4 Å². The molecule has 0 saturated heterocycles. The molecular weight excluding hydrogens is 234 g/mol. The van der Waals surface area contributed by atoms with Crippen molar-refractivity contribution in [1.29, 1.82) is 0 Å². The Balaban J connectivity index is 2.84. The van der Waals surface area contributed by atoms with Crippen LogP contribution in [-0.4, -0.2) is 10.4 Å². The number of aromatic nitrogens is 1. The highest BCUT2D eigenvalue weighted by Crippen LogP contribution is 2.01. The van der Waals surface area contributed by atoms with Gasteiger partial charge in [0.25, 0.3) is 5.56 Å². The van der Waals surface area contributed by atoms with Gasteiger partial charge in [-0.15, -0.1) is 0 Å². The number of hydrogen-bond donors (Lipinski definition) is 0. The van der Waals surface area contributed by atoms with Gasteiger partial charge in [0.1, 0.15) is 5.78 Å². The number of carbonyl (C=O) groups excluding carboxylic acids is 1. The third-order valence-corrected chi connectivity index (χ3v) is 2.28. The molecular formula is C9H10BrNO2. The number of pyridine rings is 1. The van der Waals surface area contributed by atoms with Gasteiger partial charge in [0.05, 0.1) is 4.47 Å². The summed E-state index contributed by atoms with van der Waals surface area (Å²) in [5.74, 6) is 0.0897. The minimum Gasteiger partial charge on any atom is -0.314 e. The van der Waals surface area contributed by atoms with Crippen molar-refractivity contribution in [2.75, 3.05) is 0 Å². The Hall–Kier alpha value is -0.900. The number of halogens is 1.